The average Bonchev–Trinajstić information content (AvgIpc) is 3.49. The van der Waals surface area contributed by atoms with Crippen LogP contribution in [0.3, 0.4) is 0 Å². The zero-order chi connectivity index (χ0) is 20.7. The molecule has 3 fully saturated rings. The molecule has 0 bridgehead atoms. The summed E-state index contributed by atoms with van der Waals surface area (Å²) in [6.07, 6.45) is 4.99. The molecule has 3 atom stereocenters. The van der Waals surface area contributed by atoms with Crippen LogP contribution in [0.2, 0.25) is 0 Å². The van der Waals surface area contributed by atoms with Crippen LogP contribution >= 0.6 is 0 Å². The highest BCUT2D eigenvalue weighted by molar-refractivity contribution is 5.95. The minimum absolute atomic E-state index is 0.0857. The van der Waals surface area contributed by atoms with Crippen LogP contribution < -0.4 is 5.76 Å². The number of carbonyl (C=O) groups is 1. The molecule has 3 heterocycles. The lowest BCUT2D eigenvalue weighted by atomic mass is 9.87. The number of carboxylic acids is 1. The van der Waals surface area contributed by atoms with Gasteiger partial charge in [0.15, 0.2) is 5.82 Å². The summed E-state index contributed by atoms with van der Waals surface area (Å²) in [6, 6.07) is 7.98. The van der Waals surface area contributed by atoms with E-state index in [1.165, 1.54) is 5.56 Å². The number of carboxylic acid groups (broad SMARTS) is 1. The summed E-state index contributed by atoms with van der Waals surface area (Å²) in [4.78, 5) is 26.4. The van der Waals surface area contributed by atoms with Crippen molar-refractivity contribution in [1.82, 2.24) is 14.7 Å². The normalized spacial score (nSPS) is 29.4. The lowest BCUT2D eigenvalue weighted by Gasteiger charge is -2.30. The Kier molecular flexibility index (Phi) is 3.50. The predicted octanol–water partition coefficient (Wildman–Crippen LogP) is 3.23. The zero-order valence-corrected chi connectivity index (χ0v) is 16.7. The van der Waals surface area contributed by atoms with Crippen molar-refractivity contribution in [2.45, 2.75) is 56.1 Å². The maximum Gasteiger partial charge on any atom is 0.438 e. The van der Waals surface area contributed by atoms with E-state index in [4.69, 9.17) is 9.26 Å². The third-order valence-electron chi connectivity index (χ3n) is 7.34. The Labute approximate surface area is 171 Å². The highest BCUT2D eigenvalue weighted by Gasteiger charge is 2.59. The number of fused-ring (bicyclic) bond motifs is 1. The first-order valence-electron chi connectivity index (χ1n) is 10.5. The number of H-pyrrole nitrogens is 1. The van der Waals surface area contributed by atoms with E-state index in [1.807, 2.05) is 17.6 Å². The Morgan fingerprint density at radius 1 is 1.30 bits per heavy atom. The minimum Gasteiger partial charge on any atom is -0.477 e. The van der Waals surface area contributed by atoms with Crippen molar-refractivity contribution in [2.24, 2.45) is 5.92 Å². The lowest BCUT2D eigenvalue weighted by molar-refractivity contribution is -0.0132. The number of hydrogen-bond donors (Lipinski definition) is 2. The maximum atomic E-state index is 12.1. The summed E-state index contributed by atoms with van der Waals surface area (Å²) in [5.74, 6) is -0.698. The average molecular weight is 409 g/mol. The van der Waals surface area contributed by atoms with Crippen molar-refractivity contribution < 1.29 is 19.2 Å². The van der Waals surface area contributed by atoms with E-state index in [0.29, 0.717) is 18.2 Å². The van der Waals surface area contributed by atoms with E-state index in [2.05, 4.69) is 22.3 Å². The molecule has 6 rings (SSSR count). The molecule has 30 heavy (non-hydrogen) atoms. The van der Waals surface area contributed by atoms with Gasteiger partial charge in [0.1, 0.15) is 11.2 Å². The van der Waals surface area contributed by atoms with E-state index in [9.17, 15) is 14.7 Å². The molecule has 3 aromatic rings. The molecule has 3 aliphatic rings. The van der Waals surface area contributed by atoms with Crippen LogP contribution in [0, 0.1) is 5.92 Å². The van der Waals surface area contributed by atoms with E-state index in [0.717, 1.165) is 43.2 Å². The maximum absolute atomic E-state index is 12.1. The van der Waals surface area contributed by atoms with Gasteiger partial charge in [0, 0.05) is 17.5 Å². The first kappa shape index (κ1) is 17.9. The van der Waals surface area contributed by atoms with Gasteiger partial charge in [-0.25, -0.2) is 9.59 Å². The van der Waals surface area contributed by atoms with Crippen molar-refractivity contribution in [1.29, 1.82) is 0 Å². The number of rotatable bonds is 4. The molecule has 2 N–H and O–H groups in total. The summed E-state index contributed by atoms with van der Waals surface area (Å²) in [5.41, 5.74) is 1.64. The van der Waals surface area contributed by atoms with Crippen molar-refractivity contribution in [2.75, 3.05) is 6.61 Å². The Balaban J connectivity index is 1.48. The Morgan fingerprint density at radius 2 is 2.10 bits per heavy atom. The van der Waals surface area contributed by atoms with Crippen LogP contribution in [0.1, 0.15) is 66.8 Å². The van der Waals surface area contributed by atoms with Gasteiger partial charge in [-0.1, -0.05) is 18.1 Å². The van der Waals surface area contributed by atoms with E-state index in [-0.39, 0.29) is 17.2 Å². The van der Waals surface area contributed by atoms with Crippen molar-refractivity contribution >= 4 is 16.9 Å². The quantitative estimate of drug-likeness (QED) is 0.685. The molecule has 2 aromatic heterocycles. The summed E-state index contributed by atoms with van der Waals surface area (Å²) in [7, 11) is 0. The molecule has 0 amide bonds. The molecule has 1 aromatic carbocycles. The summed E-state index contributed by atoms with van der Waals surface area (Å²) >= 11 is 0. The topological polar surface area (TPSA) is 110 Å². The van der Waals surface area contributed by atoms with Gasteiger partial charge >= 0.3 is 11.7 Å². The van der Waals surface area contributed by atoms with Crippen molar-refractivity contribution in [3.05, 3.63) is 51.9 Å². The molecule has 1 aliphatic heterocycles. The largest absolute Gasteiger partial charge is 0.477 e. The van der Waals surface area contributed by atoms with Gasteiger partial charge in [-0.05, 0) is 67.7 Å². The number of nitrogens with zero attached hydrogens (tertiary/aromatic N) is 2. The van der Waals surface area contributed by atoms with Gasteiger partial charge in [-0.15, -0.1) is 0 Å². The monoisotopic (exact) mass is 409 g/mol. The molecule has 0 unspecified atom stereocenters. The molecule has 1 saturated heterocycles. The van der Waals surface area contributed by atoms with E-state index < -0.39 is 17.3 Å². The van der Waals surface area contributed by atoms with Gasteiger partial charge in [0.2, 0.25) is 0 Å². The summed E-state index contributed by atoms with van der Waals surface area (Å²) in [5, 5.41) is 14.7. The minimum atomic E-state index is -1.000. The number of aromatic amines is 1. The third kappa shape index (κ3) is 2.46. The van der Waals surface area contributed by atoms with Gasteiger partial charge in [-0.2, -0.15) is 0 Å². The van der Waals surface area contributed by atoms with E-state index in [1.54, 1.807) is 6.07 Å². The second-order valence-electron chi connectivity index (χ2n) is 9.18. The SMILES string of the molecule is C[C@H]1C[C@@]1(c1noc(=O)[nH]1)n1c(C(=O)O)cc2cc([C@@H]3CCOC4(CC4)C3)ccc21. The van der Waals surface area contributed by atoms with Crippen molar-refractivity contribution in [3.63, 3.8) is 0 Å². The van der Waals surface area contributed by atoms with Crippen LogP contribution in [0.5, 0.6) is 0 Å². The highest BCUT2D eigenvalue weighted by atomic mass is 16.5. The molecular weight excluding hydrogens is 386 g/mol. The summed E-state index contributed by atoms with van der Waals surface area (Å²) < 4.78 is 12.5. The van der Waals surface area contributed by atoms with Gasteiger partial charge in [0.05, 0.1) is 5.60 Å². The van der Waals surface area contributed by atoms with Gasteiger partial charge in [-0.3, -0.25) is 9.51 Å². The molecule has 2 saturated carbocycles. The lowest BCUT2D eigenvalue weighted by Crippen LogP contribution is -2.27. The smallest absolute Gasteiger partial charge is 0.438 e. The number of benzene rings is 1. The fourth-order valence-corrected chi connectivity index (χ4v) is 5.45. The standard InChI is InChI=1S/C22H23N3O5/c1-12-10-22(12,19-23-20(28)30-24-19)25-16-3-2-13(8-15(16)9-17(25)18(26)27)14-4-7-29-21(11-14)5-6-21/h2-3,8-9,12,14H,4-7,10-11H2,1H3,(H,26,27)(H,23,24,28)/t12-,14+,22+/m0/s1. The molecule has 8 nitrogen and oxygen atoms in total. The van der Waals surface area contributed by atoms with Crippen LogP contribution in [-0.4, -0.2) is 38.0 Å². The second kappa shape index (κ2) is 5.85. The Bertz CT molecular complexity index is 1230. The third-order valence-corrected chi connectivity index (χ3v) is 7.34. The first-order valence-corrected chi connectivity index (χ1v) is 10.5. The molecule has 2 aliphatic carbocycles. The molecular formula is C22H23N3O5. The molecule has 8 heteroatoms. The number of aromatic carboxylic acids is 1. The van der Waals surface area contributed by atoms with Crippen molar-refractivity contribution in [3.8, 4) is 0 Å². The molecule has 156 valence electrons. The summed E-state index contributed by atoms with van der Waals surface area (Å²) in [6.45, 7) is 2.81. The van der Waals surface area contributed by atoms with Crippen LogP contribution in [-0.2, 0) is 10.3 Å². The second-order valence-corrected chi connectivity index (χ2v) is 9.18. The fraction of sp³-hybridized carbons (Fsp3) is 0.500. The van der Waals surface area contributed by atoms with Crippen LogP contribution in [0.25, 0.3) is 10.9 Å². The number of aromatic nitrogens is 3. The Morgan fingerprint density at radius 3 is 2.73 bits per heavy atom. The number of hydrogen-bond acceptors (Lipinski definition) is 5. The fourth-order valence-electron chi connectivity index (χ4n) is 5.45. The number of ether oxygens (including phenoxy) is 1. The zero-order valence-electron chi connectivity index (χ0n) is 16.7. The number of nitrogens with one attached hydrogen (secondary N) is 1. The molecule has 0 radical (unpaired) electrons. The van der Waals surface area contributed by atoms with Gasteiger partial charge < -0.3 is 14.4 Å². The highest BCUT2D eigenvalue weighted by Crippen LogP contribution is 2.56. The van der Waals surface area contributed by atoms with Gasteiger partial charge in [0.25, 0.3) is 0 Å². The Hall–Kier alpha value is -2.87. The van der Waals surface area contributed by atoms with Crippen LogP contribution in [0.4, 0.5) is 0 Å². The first-order chi connectivity index (χ1) is 14.4. The molecule has 1 spiro atoms. The predicted molar refractivity (Wildman–Crippen MR) is 107 cm³/mol. The van der Waals surface area contributed by atoms with Crippen LogP contribution in [0.15, 0.2) is 33.6 Å². The van der Waals surface area contributed by atoms with E-state index >= 15 is 0 Å².